The van der Waals surface area contributed by atoms with Crippen molar-refractivity contribution in [3.05, 3.63) is 24.0 Å². The fourth-order valence-corrected chi connectivity index (χ4v) is 3.39. The van der Waals surface area contributed by atoms with E-state index in [1.54, 1.807) is 4.90 Å². The smallest absolute Gasteiger partial charge is 0.308 e. The zero-order valence-corrected chi connectivity index (χ0v) is 12.6. The molecule has 1 fully saturated rings. The van der Waals surface area contributed by atoms with Crippen LogP contribution in [0.15, 0.2) is 23.1 Å². The first-order chi connectivity index (χ1) is 9.85. The highest BCUT2D eigenvalue weighted by Gasteiger charge is 2.27. The van der Waals surface area contributed by atoms with E-state index >= 15 is 0 Å². The Morgan fingerprint density at radius 3 is 2.76 bits per heavy atom. The molecule has 21 heavy (non-hydrogen) atoms. The molecule has 5 nitrogen and oxygen atoms in total. The molecule has 0 aromatic heterocycles. The largest absolute Gasteiger partial charge is 0.481 e. The Morgan fingerprint density at radius 1 is 1.48 bits per heavy atom. The standard InChI is InChI=1S/C14H18FNO4S/c1-2-21(19,20)11-5-6-13(12(15)8-11)16-7-3-4-10(9-16)14(17)18/h5-6,8,10H,2-4,7,9H2,1H3,(H,17,18)/t10-/m1/s1. The molecule has 0 radical (unpaired) electrons. The quantitative estimate of drug-likeness (QED) is 0.919. The third-order valence-electron chi connectivity index (χ3n) is 3.77. The molecule has 2 rings (SSSR count). The number of carboxylic acid groups (broad SMARTS) is 1. The van der Waals surface area contributed by atoms with E-state index in [1.165, 1.54) is 19.1 Å². The van der Waals surface area contributed by atoms with E-state index in [0.29, 0.717) is 19.4 Å². The maximum Gasteiger partial charge on any atom is 0.308 e. The van der Waals surface area contributed by atoms with Gasteiger partial charge in [0.2, 0.25) is 0 Å². The summed E-state index contributed by atoms with van der Waals surface area (Å²) < 4.78 is 37.6. The van der Waals surface area contributed by atoms with Gasteiger partial charge in [0, 0.05) is 13.1 Å². The summed E-state index contributed by atoms with van der Waals surface area (Å²) in [5.74, 6) is -2.12. The van der Waals surface area contributed by atoms with Crippen molar-refractivity contribution in [2.24, 2.45) is 5.92 Å². The van der Waals surface area contributed by atoms with Crippen LogP contribution in [0.3, 0.4) is 0 Å². The molecule has 0 amide bonds. The number of anilines is 1. The molecule has 0 saturated carbocycles. The third kappa shape index (κ3) is 3.34. The van der Waals surface area contributed by atoms with Gasteiger partial charge in [-0.15, -0.1) is 0 Å². The lowest BCUT2D eigenvalue weighted by atomic mass is 9.98. The number of piperidine rings is 1. The molecule has 0 unspecified atom stereocenters. The molecule has 0 aliphatic carbocycles. The predicted molar refractivity (Wildman–Crippen MR) is 76.7 cm³/mol. The molecular weight excluding hydrogens is 297 g/mol. The van der Waals surface area contributed by atoms with Gasteiger partial charge in [-0.2, -0.15) is 0 Å². The number of nitrogens with zero attached hydrogens (tertiary/aromatic N) is 1. The maximum absolute atomic E-state index is 14.2. The molecule has 1 aromatic carbocycles. The third-order valence-corrected chi connectivity index (χ3v) is 5.50. The summed E-state index contributed by atoms with van der Waals surface area (Å²) >= 11 is 0. The van der Waals surface area contributed by atoms with Crippen LogP contribution in [0.1, 0.15) is 19.8 Å². The molecular formula is C14H18FNO4S. The van der Waals surface area contributed by atoms with Crippen LogP contribution >= 0.6 is 0 Å². The Kier molecular flexibility index (Phi) is 4.51. The number of aliphatic carboxylic acids is 1. The zero-order chi connectivity index (χ0) is 15.6. The fourth-order valence-electron chi connectivity index (χ4n) is 2.50. The minimum Gasteiger partial charge on any atom is -0.481 e. The number of carboxylic acids is 1. The van der Waals surface area contributed by atoms with E-state index in [1.807, 2.05) is 0 Å². The summed E-state index contributed by atoms with van der Waals surface area (Å²) in [5, 5.41) is 9.06. The van der Waals surface area contributed by atoms with Crippen LogP contribution in [0, 0.1) is 11.7 Å². The van der Waals surface area contributed by atoms with E-state index in [2.05, 4.69) is 0 Å². The second-order valence-corrected chi connectivity index (χ2v) is 7.42. The molecule has 1 N–H and O–H groups in total. The van der Waals surface area contributed by atoms with Crippen LogP contribution in [0.25, 0.3) is 0 Å². The molecule has 0 spiro atoms. The van der Waals surface area contributed by atoms with E-state index in [4.69, 9.17) is 5.11 Å². The Bertz CT molecular complexity index is 644. The molecule has 0 bridgehead atoms. The van der Waals surface area contributed by atoms with Gasteiger partial charge in [-0.25, -0.2) is 12.8 Å². The Labute approximate surface area is 123 Å². The second-order valence-electron chi connectivity index (χ2n) is 5.14. The summed E-state index contributed by atoms with van der Waals surface area (Å²) in [7, 11) is -3.45. The van der Waals surface area contributed by atoms with Gasteiger partial charge in [0.05, 0.1) is 22.3 Å². The number of benzene rings is 1. The highest BCUT2D eigenvalue weighted by molar-refractivity contribution is 7.91. The zero-order valence-electron chi connectivity index (χ0n) is 11.8. The van der Waals surface area contributed by atoms with Crippen LogP contribution in [0.2, 0.25) is 0 Å². The van der Waals surface area contributed by atoms with E-state index in [0.717, 1.165) is 6.07 Å². The fraction of sp³-hybridized carbons (Fsp3) is 0.500. The van der Waals surface area contributed by atoms with Crippen LogP contribution in [0.4, 0.5) is 10.1 Å². The molecule has 1 aliphatic heterocycles. The van der Waals surface area contributed by atoms with Crippen molar-refractivity contribution in [1.29, 1.82) is 0 Å². The van der Waals surface area contributed by atoms with Crippen molar-refractivity contribution in [2.75, 3.05) is 23.7 Å². The van der Waals surface area contributed by atoms with Gasteiger partial charge in [0.1, 0.15) is 5.82 Å². The van der Waals surface area contributed by atoms with Gasteiger partial charge in [0.15, 0.2) is 9.84 Å². The number of hydrogen-bond acceptors (Lipinski definition) is 4. The minimum atomic E-state index is -3.45. The Balaban J connectivity index is 2.27. The van der Waals surface area contributed by atoms with Crippen LogP contribution in [0.5, 0.6) is 0 Å². The van der Waals surface area contributed by atoms with Crippen LogP contribution < -0.4 is 4.90 Å². The molecule has 1 atom stereocenters. The van der Waals surface area contributed by atoms with Crippen molar-refractivity contribution in [3.8, 4) is 0 Å². The Morgan fingerprint density at radius 2 is 2.19 bits per heavy atom. The number of halogens is 1. The summed E-state index contributed by atoms with van der Waals surface area (Å²) in [5.41, 5.74) is 0.260. The highest BCUT2D eigenvalue weighted by Crippen LogP contribution is 2.27. The maximum atomic E-state index is 14.2. The van der Waals surface area contributed by atoms with Gasteiger partial charge >= 0.3 is 5.97 Å². The number of carbonyl (C=O) groups is 1. The lowest BCUT2D eigenvalue weighted by Gasteiger charge is -2.32. The van der Waals surface area contributed by atoms with E-state index < -0.39 is 27.5 Å². The summed E-state index contributed by atoms with van der Waals surface area (Å²) in [6.07, 6.45) is 1.25. The monoisotopic (exact) mass is 315 g/mol. The lowest BCUT2D eigenvalue weighted by Crippen LogP contribution is -2.39. The summed E-state index contributed by atoms with van der Waals surface area (Å²) in [6, 6.07) is 3.81. The first kappa shape index (κ1) is 15.8. The second kappa shape index (κ2) is 6.01. The lowest BCUT2D eigenvalue weighted by molar-refractivity contribution is -0.141. The van der Waals surface area contributed by atoms with E-state index in [-0.39, 0.29) is 22.9 Å². The van der Waals surface area contributed by atoms with Crippen molar-refractivity contribution in [3.63, 3.8) is 0 Å². The normalized spacial score (nSPS) is 19.5. The van der Waals surface area contributed by atoms with Crippen LogP contribution in [-0.2, 0) is 14.6 Å². The van der Waals surface area contributed by atoms with Crippen molar-refractivity contribution >= 4 is 21.5 Å². The molecule has 7 heteroatoms. The van der Waals surface area contributed by atoms with Crippen molar-refractivity contribution in [1.82, 2.24) is 0 Å². The van der Waals surface area contributed by atoms with Gasteiger partial charge in [-0.3, -0.25) is 4.79 Å². The van der Waals surface area contributed by atoms with Crippen molar-refractivity contribution < 1.29 is 22.7 Å². The average Bonchev–Trinajstić information content (AvgIpc) is 2.47. The predicted octanol–water partition coefficient (Wildman–Crippen LogP) is 1.92. The minimum absolute atomic E-state index is 0.0435. The first-order valence-corrected chi connectivity index (χ1v) is 8.50. The summed E-state index contributed by atoms with van der Waals surface area (Å²) in [6.45, 7) is 2.32. The van der Waals surface area contributed by atoms with Crippen molar-refractivity contribution in [2.45, 2.75) is 24.7 Å². The number of hydrogen-bond donors (Lipinski definition) is 1. The van der Waals surface area contributed by atoms with Gasteiger partial charge < -0.3 is 10.0 Å². The molecule has 116 valence electrons. The first-order valence-electron chi connectivity index (χ1n) is 6.85. The highest BCUT2D eigenvalue weighted by atomic mass is 32.2. The molecule has 1 saturated heterocycles. The molecule has 1 aliphatic rings. The Hall–Kier alpha value is -1.63. The summed E-state index contributed by atoms with van der Waals surface area (Å²) in [4.78, 5) is 12.7. The topological polar surface area (TPSA) is 74.7 Å². The van der Waals surface area contributed by atoms with Gasteiger partial charge in [0.25, 0.3) is 0 Å². The molecule has 1 heterocycles. The van der Waals surface area contributed by atoms with E-state index in [9.17, 15) is 17.6 Å². The average molecular weight is 315 g/mol. The van der Waals surface area contributed by atoms with Crippen LogP contribution in [-0.4, -0.2) is 38.3 Å². The van der Waals surface area contributed by atoms with Gasteiger partial charge in [-0.05, 0) is 31.0 Å². The van der Waals surface area contributed by atoms with Gasteiger partial charge in [-0.1, -0.05) is 6.92 Å². The molecule has 1 aromatic rings. The number of rotatable bonds is 4. The SMILES string of the molecule is CCS(=O)(=O)c1ccc(N2CCC[C@@H](C(=O)O)C2)c(F)c1. The number of sulfone groups is 1.